The lowest BCUT2D eigenvalue weighted by atomic mass is 10.0. The fourth-order valence-electron chi connectivity index (χ4n) is 6.95. The van der Waals surface area contributed by atoms with Crippen LogP contribution >= 0.6 is 0 Å². The SMILES string of the molecule is CCCCCCCCCCCCCCCCC(O)CN(CCCCCC)CC(O)CCCCCCCCCCCCCCCC. The van der Waals surface area contributed by atoms with E-state index >= 15 is 0 Å². The van der Waals surface area contributed by atoms with Gasteiger partial charge in [0.25, 0.3) is 0 Å². The van der Waals surface area contributed by atoms with Gasteiger partial charge in [-0.05, 0) is 25.8 Å². The zero-order chi connectivity index (χ0) is 32.9. The molecular weight excluding hydrogens is 550 g/mol. The van der Waals surface area contributed by atoms with Gasteiger partial charge in [-0.2, -0.15) is 0 Å². The Morgan fingerprint density at radius 3 is 0.800 bits per heavy atom. The molecule has 0 rings (SSSR count). The molecule has 0 radical (unpaired) electrons. The lowest BCUT2D eigenvalue weighted by Crippen LogP contribution is -2.38. The van der Waals surface area contributed by atoms with Crippen LogP contribution in [0.2, 0.25) is 0 Å². The Labute approximate surface area is 285 Å². The Balaban J connectivity index is 3.87. The van der Waals surface area contributed by atoms with Crippen molar-refractivity contribution < 1.29 is 10.2 Å². The van der Waals surface area contributed by atoms with Gasteiger partial charge in [-0.1, -0.05) is 220 Å². The minimum Gasteiger partial charge on any atom is -0.392 e. The predicted octanol–water partition coefficient (Wildman–Crippen LogP) is 13.3. The second kappa shape index (κ2) is 38.3. The molecule has 0 aliphatic heterocycles. The molecule has 2 N–H and O–H groups in total. The van der Waals surface area contributed by atoms with Crippen molar-refractivity contribution >= 4 is 0 Å². The largest absolute Gasteiger partial charge is 0.392 e. The van der Waals surface area contributed by atoms with Crippen molar-refractivity contribution in [3.63, 3.8) is 0 Å². The molecular formula is C42H87NO2. The minimum absolute atomic E-state index is 0.248. The molecule has 0 fully saturated rings. The lowest BCUT2D eigenvalue weighted by molar-refractivity contribution is 0.0596. The van der Waals surface area contributed by atoms with Crippen molar-refractivity contribution in [2.45, 2.75) is 251 Å². The smallest absolute Gasteiger partial charge is 0.0667 e. The van der Waals surface area contributed by atoms with Crippen LogP contribution in [0.1, 0.15) is 239 Å². The Morgan fingerprint density at radius 1 is 0.311 bits per heavy atom. The fraction of sp³-hybridized carbons (Fsp3) is 1.00. The summed E-state index contributed by atoms with van der Waals surface area (Å²) in [5.41, 5.74) is 0. The van der Waals surface area contributed by atoms with E-state index in [-0.39, 0.29) is 12.2 Å². The second-order valence-electron chi connectivity index (χ2n) is 14.9. The monoisotopic (exact) mass is 638 g/mol. The number of aliphatic hydroxyl groups is 2. The third kappa shape index (κ3) is 36.6. The van der Waals surface area contributed by atoms with E-state index in [0.717, 1.165) is 45.3 Å². The maximum absolute atomic E-state index is 10.8. The Morgan fingerprint density at radius 2 is 0.533 bits per heavy atom. The van der Waals surface area contributed by atoms with E-state index in [1.165, 1.54) is 193 Å². The number of rotatable bonds is 39. The average Bonchev–Trinajstić information content (AvgIpc) is 3.03. The van der Waals surface area contributed by atoms with Crippen LogP contribution in [0.25, 0.3) is 0 Å². The van der Waals surface area contributed by atoms with Gasteiger partial charge in [-0.15, -0.1) is 0 Å². The first-order valence-corrected chi connectivity index (χ1v) is 21.2. The van der Waals surface area contributed by atoms with Gasteiger partial charge in [-0.25, -0.2) is 0 Å². The third-order valence-electron chi connectivity index (χ3n) is 10.0. The molecule has 272 valence electrons. The molecule has 0 amide bonds. The van der Waals surface area contributed by atoms with Crippen LogP contribution in [0.15, 0.2) is 0 Å². The topological polar surface area (TPSA) is 43.7 Å². The van der Waals surface area contributed by atoms with Crippen molar-refractivity contribution in [3.8, 4) is 0 Å². The second-order valence-corrected chi connectivity index (χ2v) is 14.9. The van der Waals surface area contributed by atoms with Gasteiger partial charge in [-0.3, -0.25) is 4.90 Å². The summed E-state index contributed by atoms with van der Waals surface area (Å²) in [6.07, 6.45) is 44.8. The van der Waals surface area contributed by atoms with Crippen molar-refractivity contribution in [2.75, 3.05) is 19.6 Å². The van der Waals surface area contributed by atoms with Gasteiger partial charge in [0, 0.05) is 13.1 Å². The summed E-state index contributed by atoms with van der Waals surface area (Å²) < 4.78 is 0. The van der Waals surface area contributed by atoms with Crippen molar-refractivity contribution in [3.05, 3.63) is 0 Å². The molecule has 0 saturated heterocycles. The summed E-state index contributed by atoms with van der Waals surface area (Å²) >= 11 is 0. The highest BCUT2D eigenvalue weighted by molar-refractivity contribution is 4.70. The number of unbranched alkanes of at least 4 members (excludes halogenated alkanes) is 29. The molecule has 2 atom stereocenters. The zero-order valence-electron chi connectivity index (χ0n) is 31.7. The van der Waals surface area contributed by atoms with Crippen LogP contribution in [-0.2, 0) is 0 Å². The van der Waals surface area contributed by atoms with Crippen LogP contribution < -0.4 is 0 Å². The average molecular weight is 638 g/mol. The normalized spacial score (nSPS) is 13.2. The molecule has 0 spiro atoms. The summed E-state index contributed by atoms with van der Waals surface area (Å²) in [7, 11) is 0. The Kier molecular flexibility index (Phi) is 38.2. The molecule has 0 bridgehead atoms. The first kappa shape index (κ1) is 44.9. The lowest BCUT2D eigenvalue weighted by Gasteiger charge is -2.27. The van der Waals surface area contributed by atoms with E-state index in [2.05, 4.69) is 25.7 Å². The van der Waals surface area contributed by atoms with Crippen LogP contribution in [-0.4, -0.2) is 47.0 Å². The van der Waals surface area contributed by atoms with Crippen LogP contribution in [0.5, 0.6) is 0 Å². The Bertz CT molecular complexity index is 487. The molecule has 0 aromatic heterocycles. The van der Waals surface area contributed by atoms with E-state index < -0.39 is 0 Å². The molecule has 45 heavy (non-hydrogen) atoms. The highest BCUT2D eigenvalue weighted by Gasteiger charge is 2.15. The highest BCUT2D eigenvalue weighted by Crippen LogP contribution is 2.16. The first-order chi connectivity index (χ1) is 22.1. The summed E-state index contributed by atoms with van der Waals surface area (Å²) in [5, 5.41) is 21.6. The van der Waals surface area contributed by atoms with E-state index in [0.29, 0.717) is 0 Å². The Hall–Kier alpha value is -0.120. The summed E-state index contributed by atoms with van der Waals surface area (Å²) in [4.78, 5) is 2.37. The maximum Gasteiger partial charge on any atom is 0.0667 e. The molecule has 0 aromatic rings. The van der Waals surface area contributed by atoms with E-state index in [4.69, 9.17) is 0 Å². The maximum atomic E-state index is 10.8. The molecule has 0 aromatic carbocycles. The summed E-state index contributed by atoms with van der Waals surface area (Å²) in [5.74, 6) is 0. The molecule has 2 unspecified atom stereocenters. The standard InChI is InChI=1S/C42H87NO2/c1-4-7-10-13-15-17-19-21-23-25-27-29-31-33-36-41(44)39-43(38-35-12-9-6-3)40-42(45)37-34-32-30-28-26-24-22-20-18-16-14-11-8-5-2/h41-42,44-45H,4-40H2,1-3H3. The highest BCUT2D eigenvalue weighted by atomic mass is 16.3. The summed E-state index contributed by atoms with van der Waals surface area (Å²) in [6.45, 7) is 9.34. The number of hydrogen-bond donors (Lipinski definition) is 2. The van der Waals surface area contributed by atoms with Gasteiger partial charge >= 0.3 is 0 Å². The van der Waals surface area contributed by atoms with Crippen LogP contribution in [0.3, 0.4) is 0 Å². The van der Waals surface area contributed by atoms with Crippen molar-refractivity contribution in [1.29, 1.82) is 0 Å². The fourth-order valence-corrected chi connectivity index (χ4v) is 6.95. The molecule has 3 heteroatoms. The van der Waals surface area contributed by atoms with Gasteiger partial charge in [0.2, 0.25) is 0 Å². The van der Waals surface area contributed by atoms with Crippen molar-refractivity contribution in [2.24, 2.45) is 0 Å². The molecule has 0 aliphatic carbocycles. The molecule has 0 saturated carbocycles. The minimum atomic E-state index is -0.248. The van der Waals surface area contributed by atoms with Gasteiger partial charge in [0.1, 0.15) is 0 Å². The van der Waals surface area contributed by atoms with Gasteiger partial charge in [0.15, 0.2) is 0 Å². The van der Waals surface area contributed by atoms with Crippen LogP contribution in [0, 0.1) is 0 Å². The molecule has 3 nitrogen and oxygen atoms in total. The number of hydrogen-bond acceptors (Lipinski definition) is 3. The van der Waals surface area contributed by atoms with E-state index in [1.807, 2.05) is 0 Å². The van der Waals surface area contributed by atoms with Crippen LogP contribution in [0.4, 0.5) is 0 Å². The number of nitrogens with zero attached hydrogens (tertiary/aromatic N) is 1. The quantitative estimate of drug-likeness (QED) is 0.0659. The number of aliphatic hydroxyl groups excluding tert-OH is 2. The van der Waals surface area contributed by atoms with Gasteiger partial charge in [0.05, 0.1) is 12.2 Å². The van der Waals surface area contributed by atoms with Crippen molar-refractivity contribution in [1.82, 2.24) is 4.90 Å². The first-order valence-electron chi connectivity index (χ1n) is 21.2. The molecule has 0 heterocycles. The van der Waals surface area contributed by atoms with Gasteiger partial charge < -0.3 is 10.2 Å². The molecule has 0 aliphatic rings. The van der Waals surface area contributed by atoms with E-state index in [1.54, 1.807) is 0 Å². The summed E-state index contributed by atoms with van der Waals surface area (Å²) in [6, 6.07) is 0. The third-order valence-corrected chi connectivity index (χ3v) is 10.0. The predicted molar refractivity (Wildman–Crippen MR) is 202 cm³/mol. The van der Waals surface area contributed by atoms with E-state index in [9.17, 15) is 10.2 Å². The zero-order valence-corrected chi connectivity index (χ0v) is 31.7.